The normalized spacial score (nSPS) is 11.5. The number of para-hydroxylation sites is 1. The van der Waals surface area contributed by atoms with E-state index >= 15 is 0 Å². The summed E-state index contributed by atoms with van der Waals surface area (Å²) in [6.07, 6.45) is 0. The molecule has 4 heteroatoms. The Hall–Kier alpha value is -0.700. The van der Waals surface area contributed by atoms with E-state index in [0.29, 0.717) is 11.6 Å². The molecule has 0 saturated carbocycles. The lowest BCUT2D eigenvalue weighted by molar-refractivity contribution is 0.354. The summed E-state index contributed by atoms with van der Waals surface area (Å²) in [5.74, 6) is 0.823. The maximum Gasteiger partial charge on any atom is 0.125 e. The van der Waals surface area contributed by atoms with Gasteiger partial charge in [-0.25, -0.2) is 0 Å². The molecule has 0 spiro atoms. The van der Waals surface area contributed by atoms with Crippen molar-refractivity contribution in [2.45, 2.75) is 6.54 Å². The number of halogens is 2. The Bertz CT molecular complexity index is 339. The zero-order chi connectivity index (χ0) is 11.1. The second-order valence-corrected chi connectivity index (χ2v) is 3.69. The molecule has 15 heavy (non-hydrogen) atoms. The van der Waals surface area contributed by atoms with Gasteiger partial charge in [-0.05, 0) is 13.1 Å². The van der Waals surface area contributed by atoms with Crippen LogP contribution in [0.4, 0.5) is 0 Å². The van der Waals surface area contributed by atoms with E-state index in [1.165, 1.54) is 5.54 Å². The van der Waals surface area contributed by atoms with Crippen LogP contribution in [-0.2, 0) is 6.54 Å². The first-order valence-electron chi connectivity index (χ1n) is 4.58. The van der Waals surface area contributed by atoms with E-state index in [1.54, 1.807) is 0 Å². The van der Waals surface area contributed by atoms with Crippen LogP contribution in [0.5, 0.6) is 5.75 Å². The zero-order valence-corrected chi connectivity index (χ0v) is 9.98. The minimum absolute atomic E-state index is 0.297. The van der Waals surface area contributed by atoms with E-state index in [4.69, 9.17) is 27.9 Å². The Kier molecular flexibility index (Phi) is 5.54. The molecule has 0 aliphatic rings. The van der Waals surface area contributed by atoms with Crippen molar-refractivity contribution in [3.8, 4) is 5.75 Å². The molecule has 1 N–H and O–H groups in total. The molecule has 1 rings (SSSR count). The average Bonchev–Trinajstić information content (AvgIpc) is 2.28. The predicted octanol–water partition coefficient (Wildman–Crippen LogP) is 3.10. The average molecular weight is 246 g/mol. The third kappa shape index (κ3) is 4.12. The summed E-state index contributed by atoms with van der Waals surface area (Å²) in [5.41, 5.74) is 2.40. The van der Waals surface area contributed by atoms with Crippen LogP contribution in [-0.4, -0.2) is 13.7 Å². The van der Waals surface area contributed by atoms with Crippen molar-refractivity contribution in [2.75, 3.05) is 13.7 Å². The zero-order valence-electron chi connectivity index (χ0n) is 8.47. The van der Waals surface area contributed by atoms with E-state index in [2.05, 4.69) is 5.32 Å². The van der Waals surface area contributed by atoms with Gasteiger partial charge in [0.2, 0.25) is 0 Å². The van der Waals surface area contributed by atoms with Crippen LogP contribution in [0.3, 0.4) is 0 Å². The number of hydrogen-bond acceptors (Lipinski definition) is 2. The lowest BCUT2D eigenvalue weighted by atomic mass is 10.2. The first-order chi connectivity index (χ1) is 7.27. The Balaban J connectivity index is 2.66. The second-order valence-electron chi connectivity index (χ2n) is 2.98. The van der Waals surface area contributed by atoms with Gasteiger partial charge in [-0.1, -0.05) is 41.4 Å². The van der Waals surface area contributed by atoms with Crippen LogP contribution in [0.25, 0.3) is 0 Å². The predicted molar refractivity (Wildman–Crippen MR) is 64.5 cm³/mol. The molecule has 0 aromatic heterocycles. The summed E-state index contributed by atoms with van der Waals surface area (Å²) >= 11 is 11.2. The van der Waals surface area contributed by atoms with Crippen molar-refractivity contribution in [2.24, 2.45) is 0 Å². The van der Waals surface area contributed by atoms with Crippen LogP contribution in [0, 0.1) is 0 Å². The molecular weight excluding hydrogens is 233 g/mol. The molecule has 1 aromatic rings. The van der Waals surface area contributed by atoms with E-state index in [9.17, 15) is 0 Å². The molecule has 0 radical (unpaired) electrons. The van der Waals surface area contributed by atoms with Gasteiger partial charge < -0.3 is 10.1 Å². The maximum absolute atomic E-state index is 5.73. The molecule has 0 fully saturated rings. The first kappa shape index (κ1) is 12.4. The molecule has 0 heterocycles. The highest BCUT2D eigenvalue weighted by Gasteiger charge is 2.02. The maximum atomic E-state index is 5.73. The van der Waals surface area contributed by atoms with Gasteiger partial charge in [-0.15, -0.1) is 0 Å². The van der Waals surface area contributed by atoms with Crippen LogP contribution in [0.15, 0.2) is 34.8 Å². The number of ether oxygens (including phenoxy) is 1. The van der Waals surface area contributed by atoms with Crippen LogP contribution >= 0.6 is 23.2 Å². The molecule has 0 saturated heterocycles. The molecule has 0 amide bonds. The van der Waals surface area contributed by atoms with Gasteiger partial charge in [-0.3, -0.25) is 0 Å². The van der Waals surface area contributed by atoms with Gasteiger partial charge in [0.1, 0.15) is 12.4 Å². The lowest BCUT2D eigenvalue weighted by Crippen LogP contribution is -2.08. The Morgan fingerprint density at radius 1 is 1.47 bits per heavy atom. The second kappa shape index (κ2) is 6.72. The Morgan fingerprint density at radius 2 is 2.20 bits per heavy atom. The van der Waals surface area contributed by atoms with Crippen molar-refractivity contribution in [1.29, 1.82) is 0 Å². The van der Waals surface area contributed by atoms with E-state index in [1.807, 2.05) is 31.3 Å². The fourth-order valence-corrected chi connectivity index (χ4v) is 1.28. The number of nitrogens with one attached hydrogen (secondary N) is 1. The van der Waals surface area contributed by atoms with Crippen LogP contribution in [0.1, 0.15) is 5.56 Å². The largest absolute Gasteiger partial charge is 0.488 e. The molecule has 1 aromatic carbocycles. The number of rotatable bonds is 5. The van der Waals surface area contributed by atoms with Gasteiger partial charge in [0.15, 0.2) is 0 Å². The fraction of sp³-hybridized carbons (Fsp3) is 0.273. The third-order valence-corrected chi connectivity index (χ3v) is 2.42. The number of hydrogen-bond donors (Lipinski definition) is 1. The summed E-state index contributed by atoms with van der Waals surface area (Å²) in [6, 6.07) is 7.81. The standard InChI is InChI=1S/C11H13Cl2NO/c1-14-7-9-4-2-3-5-11(9)15-8-10(13)6-12/h2-6,14H,7-8H2,1H3. The molecule has 0 bridgehead atoms. The van der Waals surface area contributed by atoms with Gasteiger partial charge >= 0.3 is 0 Å². The molecule has 0 aliphatic carbocycles. The molecule has 2 nitrogen and oxygen atoms in total. The Morgan fingerprint density at radius 3 is 2.87 bits per heavy atom. The quantitative estimate of drug-likeness (QED) is 0.861. The van der Waals surface area contributed by atoms with Gasteiger partial charge in [-0.2, -0.15) is 0 Å². The fourth-order valence-electron chi connectivity index (χ4n) is 1.16. The molecule has 0 atom stereocenters. The van der Waals surface area contributed by atoms with Crippen LogP contribution in [0.2, 0.25) is 0 Å². The summed E-state index contributed by atoms with van der Waals surface area (Å²) < 4.78 is 5.52. The minimum atomic E-state index is 0.297. The van der Waals surface area contributed by atoms with Gasteiger partial charge in [0.25, 0.3) is 0 Å². The summed E-state index contributed by atoms with van der Waals surface area (Å²) in [6.45, 7) is 1.06. The SMILES string of the molecule is CNCc1ccccc1OCC(Cl)=CCl. The molecular formula is C11H13Cl2NO. The summed E-state index contributed by atoms with van der Waals surface area (Å²) in [5, 5.41) is 3.55. The topological polar surface area (TPSA) is 21.3 Å². The lowest BCUT2D eigenvalue weighted by Gasteiger charge is -2.10. The van der Waals surface area contributed by atoms with Crippen LogP contribution < -0.4 is 10.1 Å². The van der Waals surface area contributed by atoms with E-state index < -0.39 is 0 Å². The third-order valence-electron chi connectivity index (χ3n) is 1.82. The Labute approximate surface area is 99.8 Å². The molecule has 0 aliphatic heterocycles. The smallest absolute Gasteiger partial charge is 0.125 e. The summed E-state index contributed by atoms with van der Waals surface area (Å²) in [7, 11) is 1.89. The number of benzene rings is 1. The van der Waals surface area contributed by atoms with Crippen molar-refractivity contribution >= 4 is 23.2 Å². The van der Waals surface area contributed by atoms with Crippen molar-refractivity contribution in [3.63, 3.8) is 0 Å². The monoisotopic (exact) mass is 245 g/mol. The summed E-state index contributed by atoms with van der Waals surface area (Å²) in [4.78, 5) is 0. The highest BCUT2D eigenvalue weighted by Crippen LogP contribution is 2.19. The molecule has 82 valence electrons. The first-order valence-corrected chi connectivity index (χ1v) is 5.39. The van der Waals surface area contributed by atoms with Gasteiger partial charge in [0, 0.05) is 17.6 Å². The highest BCUT2D eigenvalue weighted by molar-refractivity contribution is 6.36. The van der Waals surface area contributed by atoms with Crippen molar-refractivity contribution < 1.29 is 4.74 Å². The molecule has 0 unspecified atom stereocenters. The van der Waals surface area contributed by atoms with Crippen molar-refractivity contribution in [1.82, 2.24) is 5.32 Å². The minimum Gasteiger partial charge on any atom is -0.488 e. The van der Waals surface area contributed by atoms with E-state index in [0.717, 1.165) is 17.9 Å². The van der Waals surface area contributed by atoms with Crippen molar-refractivity contribution in [3.05, 3.63) is 40.4 Å². The van der Waals surface area contributed by atoms with Gasteiger partial charge in [0.05, 0.1) is 5.03 Å². The van der Waals surface area contributed by atoms with E-state index in [-0.39, 0.29) is 0 Å². The highest BCUT2D eigenvalue weighted by atomic mass is 35.5.